The average Bonchev–Trinajstić information content (AvgIpc) is 3.51. The van der Waals surface area contributed by atoms with Gasteiger partial charge >= 0.3 is 0 Å². The summed E-state index contributed by atoms with van der Waals surface area (Å²) in [5, 5.41) is 4.56. The van der Waals surface area contributed by atoms with Gasteiger partial charge in [0.05, 0.1) is 23.3 Å². The number of likely N-dealkylation sites (N-methyl/N-ethyl adjacent to an activating group) is 1. The number of ether oxygens (including phenoxy) is 1. The van der Waals surface area contributed by atoms with E-state index in [0.29, 0.717) is 30.8 Å². The lowest BCUT2D eigenvalue weighted by molar-refractivity contribution is 0.100. The lowest BCUT2D eigenvalue weighted by Gasteiger charge is -2.34. The molecule has 1 amide bonds. The van der Waals surface area contributed by atoms with Gasteiger partial charge in [-0.2, -0.15) is 10.1 Å². The number of fused-ring (bicyclic) bond motifs is 7. The van der Waals surface area contributed by atoms with E-state index in [1.165, 1.54) is 5.69 Å². The maximum atomic E-state index is 14.1. The summed E-state index contributed by atoms with van der Waals surface area (Å²) in [6.45, 7) is 17.2. The van der Waals surface area contributed by atoms with Crippen LogP contribution in [0.25, 0.3) is 11.3 Å². The molecule has 0 spiro atoms. The molecule has 46 heavy (non-hydrogen) atoms. The monoisotopic (exact) mass is 642 g/mol. The van der Waals surface area contributed by atoms with Gasteiger partial charge in [0.2, 0.25) is 5.96 Å². The molecule has 0 saturated carbocycles. The van der Waals surface area contributed by atoms with Crippen molar-refractivity contribution >= 4 is 37.0 Å². The SMILES string of the molecule is Cc1cc2cc(n1)-c1cnn(C)c1CCC[C@@H](C)CN1/C(=N/C2=O)N(COCC[Si](C)(C)C)c2ccc(N3CCN(C)CC3)cc21. The molecule has 1 atom stereocenters. The van der Waals surface area contributed by atoms with Crippen LogP contribution in [0.2, 0.25) is 25.7 Å². The van der Waals surface area contributed by atoms with Gasteiger partial charge in [0.25, 0.3) is 5.91 Å². The van der Waals surface area contributed by atoms with Crippen LogP contribution in [-0.4, -0.2) is 92.7 Å². The first-order valence-corrected chi connectivity index (χ1v) is 20.5. The molecule has 6 rings (SSSR count). The quantitative estimate of drug-likeness (QED) is 0.252. The average molecular weight is 643 g/mol. The number of hydrogen-bond donors (Lipinski definition) is 0. The van der Waals surface area contributed by atoms with Crippen LogP contribution in [0.3, 0.4) is 0 Å². The van der Waals surface area contributed by atoms with E-state index in [1.807, 2.05) is 37.0 Å². The molecule has 1 aromatic carbocycles. The van der Waals surface area contributed by atoms with Crippen LogP contribution in [0.5, 0.6) is 0 Å². The molecule has 5 heterocycles. The third kappa shape index (κ3) is 7.06. The molecule has 0 N–H and O–H groups in total. The predicted molar refractivity (Wildman–Crippen MR) is 190 cm³/mol. The summed E-state index contributed by atoms with van der Waals surface area (Å²) in [4.78, 5) is 33.1. The first-order chi connectivity index (χ1) is 22.0. The van der Waals surface area contributed by atoms with Crippen LogP contribution >= 0.6 is 0 Å². The number of rotatable bonds is 6. The van der Waals surface area contributed by atoms with Gasteiger partial charge in [-0.15, -0.1) is 0 Å². The molecular weight excluding hydrogens is 593 g/mol. The summed E-state index contributed by atoms with van der Waals surface area (Å²) in [7, 11) is 2.91. The number of hydrogen-bond acceptors (Lipinski definition) is 8. The number of aryl methyl sites for hydroxylation is 2. The molecular formula is C35H50N8O2Si. The minimum Gasteiger partial charge on any atom is -0.369 e. The Labute approximate surface area is 275 Å². The van der Waals surface area contributed by atoms with Crippen LogP contribution in [0.15, 0.2) is 41.5 Å². The smallest absolute Gasteiger partial charge is 0.280 e. The van der Waals surface area contributed by atoms with Gasteiger partial charge in [0.1, 0.15) is 6.73 Å². The Kier molecular flexibility index (Phi) is 9.36. The standard InChI is InChI=1S/C35H50N8O2Si/c1-25-9-8-10-31-29(22-36-40(31)4)30-20-27(19-26(2)37-30)34(44)38-35-42(23-25)33-21-28(41-15-13-39(3)14-16-41)11-12-32(33)43(35)24-45-17-18-46(5,6)7/h11-12,19-22,25H,8-10,13-18,23-24H2,1-7H3/b38-35-/t25-/m1/s1. The Morgan fingerprint density at radius 2 is 1.80 bits per heavy atom. The molecule has 1 fully saturated rings. The predicted octanol–water partition coefficient (Wildman–Crippen LogP) is 5.65. The van der Waals surface area contributed by atoms with E-state index in [0.717, 1.165) is 92.1 Å². The highest BCUT2D eigenvalue weighted by Gasteiger charge is 2.36. The van der Waals surface area contributed by atoms with Gasteiger partial charge < -0.3 is 19.4 Å². The van der Waals surface area contributed by atoms with Crippen LogP contribution in [0.4, 0.5) is 17.1 Å². The highest BCUT2D eigenvalue weighted by atomic mass is 28.3. The van der Waals surface area contributed by atoms with Crippen LogP contribution < -0.4 is 14.7 Å². The van der Waals surface area contributed by atoms with E-state index in [1.54, 1.807) is 0 Å². The zero-order chi connectivity index (χ0) is 32.6. The Bertz CT molecular complexity index is 1600. The third-order valence-electron chi connectivity index (χ3n) is 9.45. The van der Waals surface area contributed by atoms with Crippen molar-refractivity contribution in [3.8, 4) is 11.3 Å². The second kappa shape index (κ2) is 13.3. The zero-order valence-electron chi connectivity index (χ0n) is 28.7. The molecule has 1 saturated heterocycles. The topological polar surface area (TPSA) is 82.3 Å². The summed E-state index contributed by atoms with van der Waals surface area (Å²) < 4.78 is 8.29. The van der Waals surface area contributed by atoms with Crippen molar-refractivity contribution < 1.29 is 9.53 Å². The summed E-state index contributed by atoms with van der Waals surface area (Å²) in [6.07, 6.45) is 4.84. The maximum Gasteiger partial charge on any atom is 0.280 e. The number of piperazine rings is 1. The zero-order valence-corrected chi connectivity index (χ0v) is 29.7. The van der Waals surface area contributed by atoms with Gasteiger partial charge in [0.15, 0.2) is 0 Å². The number of aromatic nitrogens is 3. The fraction of sp³-hybridized carbons (Fsp3) is 0.543. The van der Waals surface area contributed by atoms with Crippen LogP contribution in [0.1, 0.15) is 41.5 Å². The first kappa shape index (κ1) is 32.4. The number of nitrogens with zero attached hydrogens (tertiary/aromatic N) is 8. The summed E-state index contributed by atoms with van der Waals surface area (Å²) in [5.74, 6) is 0.734. The van der Waals surface area contributed by atoms with Crippen molar-refractivity contribution in [2.45, 2.75) is 58.8 Å². The van der Waals surface area contributed by atoms with E-state index in [4.69, 9.17) is 14.7 Å². The van der Waals surface area contributed by atoms with Crippen LogP contribution in [0, 0.1) is 12.8 Å². The molecule has 3 aliphatic rings. The number of anilines is 3. The lowest BCUT2D eigenvalue weighted by atomic mass is 9.99. The number of carbonyl (C=O) groups is 1. The van der Waals surface area contributed by atoms with E-state index < -0.39 is 8.07 Å². The van der Waals surface area contributed by atoms with Crippen LogP contribution in [-0.2, 0) is 18.2 Å². The molecule has 246 valence electrons. The molecule has 2 aromatic heterocycles. The molecule has 3 aromatic rings. The second-order valence-corrected chi connectivity index (χ2v) is 20.2. The summed E-state index contributed by atoms with van der Waals surface area (Å²) >= 11 is 0. The normalized spacial score (nSPS) is 20.6. The second-order valence-electron chi connectivity index (χ2n) is 14.6. The minimum atomic E-state index is -1.26. The van der Waals surface area contributed by atoms with Gasteiger partial charge in [0, 0.05) is 82.7 Å². The number of aliphatic imine (C=N–C) groups is 1. The van der Waals surface area contributed by atoms with E-state index in [9.17, 15) is 4.79 Å². The van der Waals surface area contributed by atoms with Crippen molar-refractivity contribution in [1.82, 2.24) is 19.7 Å². The molecule has 10 nitrogen and oxygen atoms in total. The fourth-order valence-electron chi connectivity index (χ4n) is 6.62. The van der Waals surface area contributed by atoms with Crippen molar-refractivity contribution in [2.24, 2.45) is 18.0 Å². The van der Waals surface area contributed by atoms with Crippen molar-refractivity contribution in [2.75, 3.05) is 67.8 Å². The van der Waals surface area contributed by atoms with Gasteiger partial charge in [-0.3, -0.25) is 19.4 Å². The lowest BCUT2D eigenvalue weighted by Crippen LogP contribution is -2.44. The van der Waals surface area contributed by atoms with Gasteiger partial charge in [-0.1, -0.05) is 26.6 Å². The fourth-order valence-corrected chi connectivity index (χ4v) is 7.38. The van der Waals surface area contributed by atoms with E-state index >= 15 is 0 Å². The van der Waals surface area contributed by atoms with E-state index in [-0.39, 0.29) is 5.91 Å². The molecule has 0 radical (unpaired) electrons. The highest BCUT2D eigenvalue weighted by molar-refractivity contribution is 6.76. The molecule has 0 aliphatic carbocycles. The van der Waals surface area contributed by atoms with E-state index in [2.05, 4.69) is 76.5 Å². The van der Waals surface area contributed by atoms with Gasteiger partial charge in [-0.25, -0.2) is 0 Å². The summed E-state index contributed by atoms with van der Waals surface area (Å²) in [5.41, 5.74) is 7.57. The molecule has 0 unspecified atom stereocenters. The number of carbonyl (C=O) groups excluding carboxylic acids is 1. The minimum absolute atomic E-state index is 0.277. The summed E-state index contributed by atoms with van der Waals surface area (Å²) in [6, 6.07) is 11.5. The van der Waals surface area contributed by atoms with Gasteiger partial charge in [-0.05, 0) is 75.5 Å². The largest absolute Gasteiger partial charge is 0.369 e. The Hall–Kier alpha value is -3.54. The van der Waals surface area contributed by atoms with Crippen molar-refractivity contribution in [3.05, 3.63) is 53.5 Å². The maximum absolute atomic E-state index is 14.1. The molecule has 2 bridgehead atoms. The van der Waals surface area contributed by atoms with Crippen molar-refractivity contribution in [3.63, 3.8) is 0 Å². The molecule has 11 heteroatoms. The first-order valence-electron chi connectivity index (χ1n) is 16.8. The van der Waals surface area contributed by atoms with Crippen molar-refractivity contribution in [1.29, 1.82) is 0 Å². The Morgan fingerprint density at radius 3 is 2.57 bits per heavy atom. The Morgan fingerprint density at radius 1 is 1.02 bits per heavy atom. The Balaban J connectivity index is 1.42. The number of amides is 1. The number of benzene rings is 1. The highest BCUT2D eigenvalue weighted by Crippen LogP contribution is 2.41. The number of guanidine groups is 1. The molecule has 3 aliphatic heterocycles. The third-order valence-corrected chi connectivity index (χ3v) is 11.2. The number of pyridine rings is 1.